The van der Waals surface area contributed by atoms with E-state index in [2.05, 4.69) is 10.6 Å². The van der Waals surface area contributed by atoms with Crippen LogP contribution in [0.5, 0.6) is 0 Å². The fourth-order valence-electron chi connectivity index (χ4n) is 3.82. The second-order valence-corrected chi connectivity index (χ2v) is 6.39. The van der Waals surface area contributed by atoms with Gasteiger partial charge in [-0.25, -0.2) is 0 Å². The minimum absolute atomic E-state index is 0.0591. The lowest BCUT2D eigenvalue weighted by atomic mass is 9.74. The first-order valence-electron chi connectivity index (χ1n) is 8.03. The van der Waals surface area contributed by atoms with Crippen molar-refractivity contribution in [2.45, 2.75) is 70.1 Å². The van der Waals surface area contributed by atoms with Crippen molar-refractivity contribution < 1.29 is 18.0 Å². The van der Waals surface area contributed by atoms with Gasteiger partial charge in [0.05, 0.1) is 0 Å². The number of hydrogen-bond donors (Lipinski definition) is 2. The van der Waals surface area contributed by atoms with Crippen molar-refractivity contribution in [3.8, 4) is 0 Å². The summed E-state index contributed by atoms with van der Waals surface area (Å²) in [6.07, 6.45) is 2.64. The first-order chi connectivity index (χ1) is 9.91. The summed E-state index contributed by atoms with van der Waals surface area (Å²) in [5, 5.41) is 5.54. The Morgan fingerprint density at radius 2 is 1.86 bits per heavy atom. The molecule has 1 saturated heterocycles. The maximum atomic E-state index is 12.5. The number of piperidine rings is 1. The van der Waals surface area contributed by atoms with Crippen molar-refractivity contribution in [3.05, 3.63) is 0 Å². The SMILES string of the molecule is CCC1NCC(C2CCCCC2)CC1NC(=O)C(F)(F)F. The number of carbonyl (C=O) groups excluding carboxylic acids is 1. The molecule has 0 aromatic carbocycles. The predicted octanol–water partition coefficient (Wildman–Crippen LogP) is 3.00. The van der Waals surface area contributed by atoms with Crippen LogP contribution in [0, 0.1) is 11.8 Å². The number of amides is 1. The molecule has 1 amide bonds. The molecule has 1 aliphatic heterocycles. The molecule has 3 unspecified atom stereocenters. The number of rotatable bonds is 3. The van der Waals surface area contributed by atoms with Crippen LogP contribution < -0.4 is 10.6 Å². The van der Waals surface area contributed by atoms with E-state index in [1.807, 2.05) is 6.92 Å². The molecule has 21 heavy (non-hydrogen) atoms. The molecule has 3 atom stereocenters. The Morgan fingerprint density at radius 3 is 2.43 bits per heavy atom. The molecular weight excluding hydrogens is 281 g/mol. The summed E-state index contributed by atoms with van der Waals surface area (Å²) in [6.45, 7) is 2.80. The molecule has 122 valence electrons. The minimum Gasteiger partial charge on any atom is -0.344 e. The topological polar surface area (TPSA) is 41.1 Å². The van der Waals surface area contributed by atoms with E-state index in [0.717, 1.165) is 13.0 Å². The van der Waals surface area contributed by atoms with Crippen LogP contribution in [0.25, 0.3) is 0 Å². The van der Waals surface area contributed by atoms with Crippen LogP contribution in [0.15, 0.2) is 0 Å². The molecule has 2 aliphatic rings. The van der Waals surface area contributed by atoms with Gasteiger partial charge in [-0.3, -0.25) is 4.79 Å². The molecule has 2 fully saturated rings. The maximum absolute atomic E-state index is 12.5. The minimum atomic E-state index is -4.80. The Morgan fingerprint density at radius 1 is 1.19 bits per heavy atom. The molecule has 2 rings (SSSR count). The zero-order chi connectivity index (χ0) is 15.5. The largest absolute Gasteiger partial charge is 0.471 e. The second kappa shape index (κ2) is 6.99. The van der Waals surface area contributed by atoms with Gasteiger partial charge in [0.2, 0.25) is 0 Å². The van der Waals surface area contributed by atoms with E-state index in [1.54, 1.807) is 0 Å². The third kappa shape index (κ3) is 4.34. The first kappa shape index (κ1) is 16.6. The number of halogens is 3. The molecule has 2 N–H and O–H groups in total. The van der Waals surface area contributed by atoms with Gasteiger partial charge >= 0.3 is 12.1 Å². The van der Waals surface area contributed by atoms with Crippen LogP contribution in [0.2, 0.25) is 0 Å². The van der Waals surface area contributed by atoms with Crippen LogP contribution in [-0.2, 0) is 4.79 Å². The van der Waals surface area contributed by atoms with Crippen molar-refractivity contribution in [2.24, 2.45) is 11.8 Å². The van der Waals surface area contributed by atoms with Crippen LogP contribution in [0.1, 0.15) is 51.9 Å². The lowest BCUT2D eigenvalue weighted by molar-refractivity contribution is -0.175. The molecule has 0 aromatic heterocycles. The molecule has 0 bridgehead atoms. The number of nitrogens with one attached hydrogen (secondary N) is 2. The maximum Gasteiger partial charge on any atom is 0.471 e. The Balaban J connectivity index is 1.96. The van der Waals surface area contributed by atoms with E-state index < -0.39 is 18.1 Å². The summed E-state index contributed by atoms with van der Waals surface area (Å²) >= 11 is 0. The molecule has 1 saturated carbocycles. The van der Waals surface area contributed by atoms with Gasteiger partial charge in [0.25, 0.3) is 0 Å². The molecule has 3 nitrogen and oxygen atoms in total. The third-order valence-corrected chi connectivity index (χ3v) is 5.01. The average molecular weight is 306 g/mol. The lowest BCUT2D eigenvalue weighted by Gasteiger charge is -2.41. The van der Waals surface area contributed by atoms with E-state index in [0.29, 0.717) is 18.3 Å². The van der Waals surface area contributed by atoms with Crippen LogP contribution in [-0.4, -0.2) is 30.7 Å². The van der Waals surface area contributed by atoms with Crippen molar-refractivity contribution in [2.75, 3.05) is 6.54 Å². The highest BCUT2D eigenvalue weighted by Crippen LogP contribution is 2.34. The van der Waals surface area contributed by atoms with Gasteiger partial charge in [0, 0.05) is 12.1 Å². The van der Waals surface area contributed by atoms with Crippen LogP contribution in [0.4, 0.5) is 13.2 Å². The summed E-state index contributed by atoms with van der Waals surface area (Å²) < 4.78 is 37.4. The highest BCUT2D eigenvalue weighted by atomic mass is 19.4. The van der Waals surface area contributed by atoms with Crippen LogP contribution in [0.3, 0.4) is 0 Å². The number of carbonyl (C=O) groups is 1. The van der Waals surface area contributed by atoms with E-state index in [4.69, 9.17) is 0 Å². The number of alkyl halides is 3. The van der Waals surface area contributed by atoms with Crippen molar-refractivity contribution in [1.82, 2.24) is 10.6 Å². The molecule has 0 spiro atoms. The van der Waals surface area contributed by atoms with E-state index in [-0.39, 0.29) is 6.04 Å². The average Bonchev–Trinajstić information content (AvgIpc) is 2.47. The normalized spacial score (nSPS) is 31.9. The molecular formula is C15H25F3N2O. The summed E-state index contributed by atoms with van der Waals surface area (Å²) in [6, 6.07) is -0.471. The molecule has 0 radical (unpaired) electrons. The Hall–Kier alpha value is -0.780. The van der Waals surface area contributed by atoms with Crippen molar-refractivity contribution >= 4 is 5.91 Å². The van der Waals surface area contributed by atoms with Gasteiger partial charge in [0.15, 0.2) is 0 Å². The predicted molar refractivity (Wildman–Crippen MR) is 74.7 cm³/mol. The fourth-order valence-corrected chi connectivity index (χ4v) is 3.82. The molecule has 1 aliphatic carbocycles. The van der Waals surface area contributed by atoms with E-state index in [9.17, 15) is 18.0 Å². The van der Waals surface area contributed by atoms with Gasteiger partial charge in [-0.1, -0.05) is 39.0 Å². The Bertz CT molecular complexity index is 353. The van der Waals surface area contributed by atoms with Gasteiger partial charge in [-0.2, -0.15) is 13.2 Å². The van der Waals surface area contributed by atoms with Gasteiger partial charge in [0.1, 0.15) is 0 Å². The van der Waals surface area contributed by atoms with Crippen molar-refractivity contribution in [3.63, 3.8) is 0 Å². The zero-order valence-electron chi connectivity index (χ0n) is 12.5. The summed E-state index contributed by atoms with van der Waals surface area (Å²) in [5.74, 6) is -0.835. The lowest BCUT2D eigenvalue weighted by Crippen LogP contribution is -2.58. The standard InChI is InChI=1S/C15H25F3N2O/c1-2-12-13(20-14(21)15(16,17)18)8-11(9-19-12)10-6-4-3-5-7-10/h10-13,19H,2-9H2,1H3,(H,20,21). The summed E-state index contributed by atoms with van der Waals surface area (Å²) in [7, 11) is 0. The quantitative estimate of drug-likeness (QED) is 0.841. The smallest absolute Gasteiger partial charge is 0.344 e. The first-order valence-corrected chi connectivity index (χ1v) is 8.03. The Labute approximate surface area is 124 Å². The van der Waals surface area contributed by atoms with Crippen molar-refractivity contribution in [1.29, 1.82) is 0 Å². The Kier molecular flexibility index (Phi) is 5.52. The zero-order valence-corrected chi connectivity index (χ0v) is 12.5. The highest BCUT2D eigenvalue weighted by Gasteiger charge is 2.42. The van der Waals surface area contributed by atoms with Crippen LogP contribution >= 0.6 is 0 Å². The third-order valence-electron chi connectivity index (χ3n) is 5.01. The molecule has 6 heteroatoms. The van der Waals surface area contributed by atoms with Gasteiger partial charge < -0.3 is 10.6 Å². The summed E-state index contributed by atoms with van der Waals surface area (Å²) in [5.41, 5.74) is 0. The monoisotopic (exact) mass is 306 g/mol. The van der Waals surface area contributed by atoms with E-state index in [1.165, 1.54) is 32.1 Å². The number of hydrogen-bond acceptors (Lipinski definition) is 2. The van der Waals surface area contributed by atoms with Gasteiger partial charge in [-0.05, 0) is 31.2 Å². The summed E-state index contributed by atoms with van der Waals surface area (Å²) in [4.78, 5) is 11.2. The molecule has 0 aromatic rings. The fraction of sp³-hybridized carbons (Fsp3) is 0.933. The second-order valence-electron chi connectivity index (χ2n) is 6.39. The highest BCUT2D eigenvalue weighted by molar-refractivity contribution is 5.82. The van der Waals surface area contributed by atoms with Gasteiger partial charge in [-0.15, -0.1) is 0 Å². The molecule has 1 heterocycles. The van der Waals surface area contributed by atoms with E-state index >= 15 is 0 Å².